The molecule has 1 amide bonds. The molecule has 6 unspecified atom stereocenters. The highest BCUT2D eigenvalue weighted by Gasteiger charge is 2.65. The number of phenols is 1. The van der Waals surface area contributed by atoms with Crippen molar-refractivity contribution in [2.24, 2.45) is 22.9 Å². The Labute approximate surface area is 393 Å². The summed E-state index contributed by atoms with van der Waals surface area (Å²) in [6, 6.07) is 29.4. The number of aliphatic hydroxyl groups is 2. The lowest BCUT2D eigenvalue weighted by Gasteiger charge is -2.60. The molecule has 7 rings (SSSR count). The van der Waals surface area contributed by atoms with Crippen LogP contribution >= 0.6 is 0 Å². The number of allylic oxidation sites excluding steroid dienone is 1. The number of carbonyl (C=O) groups excluding carboxylic acids is 1. The third kappa shape index (κ3) is 11.8. The summed E-state index contributed by atoms with van der Waals surface area (Å²) in [5, 5.41) is 38.3. The van der Waals surface area contributed by atoms with Crippen molar-refractivity contribution in [3.63, 3.8) is 0 Å². The minimum Gasteiger partial charge on any atom is -0.508 e. The molecule has 354 valence electrons. The number of carbonyl (C=O) groups is 1. The van der Waals surface area contributed by atoms with Crippen molar-refractivity contribution in [3.05, 3.63) is 132 Å². The molecule has 0 bridgehead atoms. The van der Waals surface area contributed by atoms with Gasteiger partial charge in [-0.05, 0) is 89.6 Å². The van der Waals surface area contributed by atoms with E-state index in [1.165, 1.54) is 38.5 Å². The van der Waals surface area contributed by atoms with Crippen LogP contribution in [0.25, 0.3) is 10.8 Å². The van der Waals surface area contributed by atoms with E-state index < -0.39 is 17.7 Å². The zero-order valence-corrected chi connectivity index (χ0v) is 39.3. The molecule has 4 aromatic rings. The van der Waals surface area contributed by atoms with Crippen molar-refractivity contribution in [1.29, 1.82) is 0 Å². The number of benzene rings is 4. The summed E-state index contributed by atoms with van der Waals surface area (Å²) in [5.74, 6) is -1.06. The monoisotopic (exact) mass is 899 g/mol. The van der Waals surface area contributed by atoms with E-state index in [1.807, 2.05) is 53.4 Å². The lowest BCUT2D eigenvalue weighted by molar-refractivity contribution is -0.258. The number of hydrogen-bond donors (Lipinski definition) is 3. The quantitative estimate of drug-likeness (QED) is 0.0310. The first-order chi connectivity index (χ1) is 32.4. The number of hydrogen-bond acceptors (Lipinski definition) is 8. The number of ether oxygens (including phenoxy) is 2. The minimum absolute atomic E-state index is 0.0447. The van der Waals surface area contributed by atoms with Crippen LogP contribution in [-0.4, -0.2) is 63.5 Å². The smallest absolute Gasteiger partial charge is 0.239 e. The summed E-state index contributed by atoms with van der Waals surface area (Å²) in [5.41, 5.74) is 4.68. The van der Waals surface area contributed by atoms with Crippen LogP contribution in [0.5, 0.6) is 11.5 Å². The van der Waals surface area contributed by atoms with Gasteiger partial charge >= 0.3 is 0 Å². The van der Waals surface area contributed by atoms with E-state index in [4.69, 9.17) is 19.5 Å². The van der Waals surface area contributed by atoms with Crippen LogP contribution in [0.2, 0.25) is 0 Å². The molecule has 1 heterocycles. The fourth-order valence-corrected chi connectivity index (χ4v) is 11.1. The molecule has 6 atom stereocenters. The van der Waals surface area contributed by atoms with E-state index in [9.17, 15) is 15.3 Å². The maximum absolute atomic E-state index is 15.4. The number of unbranched alkanes of at least 4 members (excludes halogenated alkanes) is 10. The lowest BCUT2D eigenvalue weighted by atomic mass is 9.55. The van der Waals surface area contributed by atoms with Gasteiger partial charge < -0.3 is 34.5 Å². The molecule has 3 aliphatic rings. The number of phenolic OH excluding ortho intramolecular Hbond substituents is 1. The van der Waals surface area contributed by atoms with Gasteiger partial charge in [0.25, 0.3) is 0 Å². The van der Waals surface area contributed by atoms with Crippen molar-refractivity contribution < 1.29 is 34.4 Å². The summed E-state index contributed by atoms with van der Waals surface area (Å²) >= 11 is 0. The fraction of sp³-hybridized carbons (Fsp3) is 0.509. The minimum atomic E-state index is -1.38. The highest BCUT2D eigenvalue weighted by Crippen LogP contribution is 2.62. The van der Waals surface area contributed by atoms with E-state index in [-0.39, 0.29) is 55.8 Å². The zero-order valence-electron chi connectivity index (χ0n) is 39.3. The number of aliphatic hydroxyl groups excluding tert-OH is 2. The summed E-state index contributed by atoms with van der Waals surface area (Å²) in [6.07, 6.45) is 19.9. The van der Waals surface area contributed by atoms with E-state index in [0.29, 0.717) is 38.0 Å². The Kier molecular flexibility index (Phi) is 18.3. The summed E-state index contributed by atoms with van der Waals surface area (Å²) < 4.78 is 14.7. The van der Waals surface area contributed by atoms with E-state index in [2.05, 4.69) is 56.0 Å². The number of rotatable bonds is 27. The molecule has 1 saturated carbocycles. The van der Waals surface area contributed by atoms with Crippen LogP contribution < -0.4 is 4.74 Å². The third-order valence-electron chi connectivity index (χ3n) is 14.3. The number of aromatic hydroxyl groups is 1. The Hall–Kier alpha value is -4.96. The van der Waals surface area contributed by atoms with E-state index in [1.54, 1.807) is 12.1 Å². The number of fused-ring (bicyclic) bond motifs is 3. The van der Waals surface area contributed by atoms with Gasteiger partial charge in [-0.25, -0.2) is 0 Å². The van der Waals surface area contributed by atoms with Gasteiger partial charge in [-0.3, -0.25) is 4.79 Å². The van der Waals surface area contributed by atoms with Crippen LogP contribution in [0.3, 0.4) is 0 Å². The van der Waals surface area contributed by atoms with Crippen LogP contribution in [0.15, 0.2) is 120 Å². The SMILES string of the molecule is C=CCOC12Oc3ccc(O)cc3C3C(CCCCO)C(CCCCO)C=C(C(=NOCc4ccccc4)CC1N(Cc1cccc4ccccc14)C(=O)CCCCCCCCCCC)C32. The second-order valence-electron chi connectivity index (χ2n) is 18.8. The molecule has 1 fully saturated rings. The Morgan fingerprint density at radius 3 is 2.32 bits per heavy atom. The molecule has 9 nitrogen and oxygen atoms in total. The zero-order chi connectivity index (χ0) is 46.1. The van der Waals surface area contributed by atoms with Gasteiger partial charge in [-0.15, -0.1) is 6.58 Å². The average Bonchev–Trinajstić information content (AvgIpc) is 3.34. The molecule has 3 N–H and O–H groups in total. The molecule has 66 heavy (non-hydrogen) atoms. The molecule has 0 saturated heterocycles. The molecule has 0 radical (unpaired) electrons. The lowest BCUT2D eigenvalue weighted by Crippen LogP contribution is -2.70. The van der Waals surface area contributed by atoms with Gasteiger partial charge in [0.1, 0.15) is 24.1 Å². The largest absolute Gasteiger partial charge is 0.508 e. The van der Waals surface area contributed by atoms with Crippen LogP contribution in [0.1, 0.15) is 139 Å². The van der Waals surface area contributed by atoms with Gasteiger partial charge in [0.15, 0.2) is 0 Å². The van der Waals surface area contributed by atoms with Crippen molar-refractivity contribution in [3.8, 4) is 11.5 Å². The van der Waals surface area contributed by atoms with Crippen molar-refractivity contribution in [2.45, 2.75) is 147 Å². The maximum atomic E-state index is 15.4. The standard InChI is InChI=1S/C57H74N2O7/c1-3-5-6-7-8-9-10-11-15-31-54(63)59(40-45-28-22-27-43-25-16-17-29-47(43)45)53-39-51(58-65-41-42-23-13-12-14-24-42)49-37-44(26-18-20-34-60)48(30-19-21-35-61)55-50-38-46(62)32-33-52(50)66-57(53,56(49)55)64-36-4-2/h4,12-14,16-17,22-25,27-29,32-33,37-38,44,48,53,55-56,60-62H,2-3,5-11,15,18-21,26,30-31,34-36,39-41H2,1H3. The Morgan fingerprint density at radius 2 is 1.56 bits per heavy atom. The molecule has 0 spiro atoms. The normalized spacial score (nSPS) is 22.6. The van der Waals surface area contributed by atoms with Crippen LogP contribution in [0.4, 0.5) is 0 Å². The average molecular weight is 899 g/mol. The van der Waals surface area contributed by atoms with Crippen LogP contribution in [-0.2, 0) is 27.5 Å². The van der Waals surface area contributed by atoms with Crippen molar-refractivity contribution >= 4 is 22.4 Å². The Balaban J connectivity index is 1.37. The number of nitrogens with zero attached hydrogens (tertiary/aromatic N) is 2. The van der Waals surface area contributed by atoms with Gasteiger partial charge in [0.05, 0.1) is 18.2 Å². The van der Waals surface area contributed by atoms with E-state index >= 15 is 4.79 Å². The summed E-state index contributed by atoms with van der Waals surface area (Å²) in [4.78, 5) is 23.7. The highest BCUT2D eigenvalue weighted by molar-refractivity contribution is 6.03. The molecule has 0 aromatic heterocycles. The second kappa shape index (κ2) is 24.7. The van der Waals surface area contributed by atoms with E-state index in [0.717, 1.165) is 83.7 Å². The molecule has 4 aromatic carbocycles. The molecular weight excluding hydrogens is 825 g/mol. The first-order valence-corrected chi connectivity index (χ1v) is 25.1. The van der Waals surface area contributed by atoms with Gasteiger partial charge in [0, 0.05) is 44.1 Å². The Bertz CT molecular complexity index is 2220. The van der Waals surface area contributed by atoms with Gasteiger partial charge in [0.2, 0.25) is 11.7 Å². The van der Waals surface area contributed by atoms with Crippen molar-refractivity contribution in [1.82, 2.24) is 4.90 Å². The van der Waals surface area contributed by atoms with Gasteiger partial charge in [-0.2, -0.15) is 0 Å². The van der Waals surface area contributed by atoms with Crippen molar-refractivity contribution in [2.75, 3.05) is 19.8 Å². The highest BCUT2D eigenvalue weighted by atomic mass is 16.7. The predicted octanol–water partition coefficient (Wildman–Crippen LogP) is 12.3. The first-order valence-electron chi connectivity index (χ1n) is 25.1. The molecule has 2 aliphatic carbocycles. The summed E-state index contributed by atoms with van der Waals surface area (Å²) in [6.45, 7) is 7.38. The van der Waals surface area contributed by atoms with Gasteiger partial charge in [-0.1, -0.05) is 161 Å². The number of oxime groups is 1. The predicted molar refractivity (Wildman–Crippen MR) is 264 cm³/mol. The number of amides is 1. The molecule has 1 aliphatic heterocycles. The van der Waals surface area contributed by atoms with Crippen LogP contribution in [0, 0.1) is 17.8 Å². The Morgan fingerprint density at radius 1 is 0.848 bits per heavy atom. The third-order valence-corrected chi connectivity index (χ3v) is 14.3. The summed E-state index contributed by atoms with van der Waals surface area (Å²) in [7, 11) is 0. The molecular formula is C57H74N2O7. The topological polar surface area (TPSA) is 121 Å². The maximum Gasteiger partial charge on any atom is 0.239 e. The molecule has 9 heteroatoms. The first kappa shape index (κ1) is 49.0. The fourth-order valence-electron chi connectivity index (χ4n) is 11.1. The second-order valence-corrected chi connectivity index (χ2v) is 18.8.